The number of benzene rings is 1. The standard InChI is InChI=1S/C14H16Cl3N3O3S/c1-2-4-10(21)19-12(14(15,16)17)20-13(24)18-9-6-3-5-8(7-9)11(22)23/h3,5-7,12H,2,4H2,1H3,(H,19,21)(H,22,23)(H2,18,20,24)/p-1/t12-/m1/s1. The molecule has 0 aliphatic rings. The molecule has 0 aliphatic heterocycles. The fourth-order valence-electron chi connectivity index (χ4n) is 1.68. The first-order valence-corrected chi connectivity index (χ1v) is 8.42. The Hall–Kier alpha value is -1.28. The third kappa shape index (κ3) is 7.09. The predicted molar refractivity (Wildman–Crippen MR) is 97.3 cm³/mol. The van der Waals surface area contributed by atoms with Crippen LogP contribution < -0.4 is 21.1 Å². The number of hydrogen-bond acceptors (Lipinski definition) is 4. The number of alkyl halides is 3. The van der Waals surface area contributed by atoms with Crippen LogP contribution in [-0.2, 0) is 4.79 Å². The van der Waals surface area contributed by atoms with Gasteiger partial charge in [-0.25, -0.2) is 0 Å². The van der Waals surface area contributed by atoms with E-state index in [1.807, 2.05) is 6.92 Å². The van der Waals surface area contributed by atoms with E-state index in [-0.39, 0.29) is 23.0 Å². The van der Waals surface area contributed by atoms with Crippen molar-refractivity contribution in [2.75, 3.05) is 5.32 Å². The quantitative estimate of drug-likeness (QED) is 0.376. The van der Waals surface area contributed by atoms with E-state index in [1.54, 1.807) is 6.07 Å². The molecule has 0 spiro atoms. The van der Waals surface area contributed by atoms with Gasteiger partial charge >= 0.3 is 0 Å². The molecule has 132 valence electrons. The molecule has 3 N–H and O–H groups in total. The first kappa shape index (κ1) is 20.8. The maximum absolute atomic E-state index is 11.7. The van der Waals surface area contributed by atoms with E-state index in [1.165, 1.54) is 18.2 Å². The van der Waals surface area contributed by atoms with Gasteiger partial charge in [-0.15, -0.1) is 0 Å². The molecule has 1 aromatic rings. The molecule has 1 aromatic carbocycles. The summed E-state index contributed by atoms with van der Waals surface area (Å²) in [4.78, 5) is 22.5. The lowest BCUT2D eigenvalue weighted by Crippen LogP contribution is -2.56. The number of carbonyl (C=O) groups excluding carboxylic acids is 2. The molecule has 0 aromatic heterocycles. The highest BCUT2D eigenvalue weighted by molar-refractivity contribution is 7.80. The number of carboxylic acids is 1. The van der Waals surface area contributed by atoms with Gasteiger partial charge in [0.25, 0.3) is 0 Å². The minimum absolute atomic E-state index is 0.0167. The van der Waals surface area contributed by atoms with Gasteiger partial charge in [-0.05, 0) is 36.3 Å². The average Bonchev–Trinajstić information content (AvgIpc) is 2.46. The summed E-state index contributed by atoms with van der Waals surface area (Å²) >= 11 is 22.6. The molecule has 24 heavy (non-hydrogen) atoms. The maximum Gasteiger partial charge on any atom is 0.228 e. The van der Waals surface area contributed by atoms with Gasteiger partial charge in [0.2, 0.25) is 9.70 Å². The molecular weight excluding hydrogens is 397 g/mol. The molecule has 0 aliphatic carbocycles. The monoisotopic (exact) mass is 410 g/mol. The van der Waals surface area contributed by atoms with E-state index < -0.39 is 15.9 Å². The highest BCUT2D eigenvalue weighted by Gasteiger charge is 2.34. The van der Waals surface area contributed by atoms with Crippen molar-refractivity contribution in [3.05, 3.63) is 29.8 Å². The molecule has 0 bridgehead atoms. The van der Waals surface area contributed by atoms with E-state index in [9.17, 15) is 14.7 Å². The number of amides is 1. The number of carbonyl (C=O) groups is 2. The van der Waals surface area contributed by atoms with Crippen LogP contribution in [0.4, 0.5) is 5.69 Å². The lowest BCUT2D eigenvalue weighted by Gasteiger charge is -2.27. The average molecular weight is 412 g/mol. The van der Waals surface area contributed by atoms with E-state index in [0.717, 1.165) is 0 Å². The normalized spacial score (nSPS) is 12.2. The summed E-state index contributed by atoms with van der Waals surface area (Å²) in [6, 6.07) is 5.83. The topological polar surface area (TPSA) is 93.3 Å². The molecule has 0 radical (unpaired) electrons. The number of nitrogens with one attached hydrogen (secondary N) is 3. The molecule has 10 heteroatoms. The molecule has 1 amide bonds. The van der Waals surface area contributed by atoms with Crippen molar-refractivity contribution in [2.24, 2.45) is 0 Å². The molecule has 6 nitrogen and oxygen atoms in total. The van der Waals surface area contributed by atoms with Gasteiger partial charge in [-0.1, -0.05) is 53.9 Å². The van der Waals surface area contributed by atoms with E-state index in [2.05, 4.69) is 16.0 Å². The van der Waals surface area contributed by atoms with Crippen molar-refractivity contribution in [1.82, 2.24) is 10.6 Å². The summed E-state index contributed by atoms with van der Waals surface area (Å²) in [7, 11) is 0. The summed E-state index contributed by atoms with van der Waals surface area (Å²) in [5, 5.41) is 18.8. The highest BCUT2D eigenvalue weighted by atomic mass is 35.6. The molecule has 1 rings (SSSR count). The Morgan fingerprint density at radius 3 is 2.50 bits per heavy atom. The third-order valence-electron chi connectivity index (χ3n) is 2.74. The van der Waals surface area contributed by atoms with Gasteiger partial charge in [-0.2, -0.15) is 0 Å². The smallest absolute Gasteiger partial charge is 0.228 e. The summed E-state index contributed by atoms with van der Waals surface area (Å²) in [5.74, 6) is -1.62. The van der Waals surface area contributed by atoms with Gasteiger partial charge in [-0.3, -0.25) is 4.79 Å². The number of thiocarbonyl (C=S) groups is 1. The first-order valence-electron chi connectivity index (χ1n) is 6.88. The van der Waals surface area contributed by atoms with Crippen molar-refractivity contribution in [1.29, 1.82) is 0 Å². The summed E-state index contributed by atoms with van der Waals surface area (Å²) in [6.07, 6.45) is -0.157. The molecular formula is C14H15Cl3N3O3S-. The van der Waals surface area contributed by atoms with E-state index >= 15 is 0 Å². The van der Waals surface area contributed by atoms with Crippen LogP contribution in [0, 0.1) is 0 Å². The van der Waals surface area contributed by atoms with Gasteiger partial charge in [0.15, 0.2) is 5.11 Å². The summed E-state index contributed by atoms with van der Waals surface area (Å²) in [6.45, 7) is 1.84. The van der Waals surface area contributed by atoms with Crippen LogP contribution in [-0.4, -0.2) is 26.9 Å². The zero-order valence-corrected chi connectivity index (χ0v) is 15.7. The second-order valence-corrected chi connectivity index (χ2v) is 7.54. The molecule has 0 saturated carbocycles. The van der Waals surface area contributed by atoms with Gasteiger partial charge in [0.1, 0.15) is 6.17 Å². The second kappa shape index (κ2) is 9.27. The third-order valence-corrected chi connectivity index (χ3v) is 3.62. The minimum Gasteiger partial charge on any atom is -0.545 e. The minimum atomic E-state index is -1.85. The maximum atomic E-state index is 11.7. The van der Waals surface area contributed by atoms with Gasteiger partial charge in [0.05, 0.1) is 5.97 Å². The Bertz CT molecular complexity index is 623. The van der Waals surface area contributed by atoms with Crippen LogP contribution in [0.2, 0.25) is 0 Å². The number of anilines is 1. The molecule has 0 unspecified atom stereocenters. The zero-order chi connectivity index (χ0) is 18.3. The molecule has 0 heterocycles. The van der Waals surface area contributed by atoms with Crippen molar-refractivity contribution >= 4 is 69.7 Å². The number of rotatable bonds is 6. The number of aromatic carboxylic acids is 1. The van der Waals surface area contributed by atoms with Crippen molar-refractivity contribution in [3.63, 3.8) is 0 Å². The Morgan fingerprint density at radius 2 is 1.96 bits per heavy atom. The Labute approximate surface area is 159 Å². The Balaban J connectivity index is 2.76. The van der Waals surface area contributed by atoms with Crippen molar-refractivity contribution in [2.45, 2.75) is 29.7 Å². The number of halogens is 3. The first-order chi connectivity index (χ1) is 11.1. The van der Waals surface area contributed by atoms with Crippen LogP contribution in [0.3, 0.4) is 0 Å². The van der Waals surface area contributed by atoms with Gasteiger partial charge < -0.3 is 25.9 Å². The van der Waals surface area contributed by atoms with Crippen molar-refractivity contribution in [3.8, 4) is 0 Å². The summed E-state index contributed by atoms with van der Waals surface area (Å²) < 4.78 is -1.85. The largest absolute Gasteiger partial charge is 0.545 e. The SMILES string of the molecule is CCCC(=O)N[C@H](NC(=S)Nc1cccc(C(=O)[O-])c1)C(Cl)(Cl)Cl. The highest BCUT2D eigenvalue weighted by Crippen LogP contribution is 2.29. The Morgan fingerprint density at radius 1 is 1.29 bits per heavy atom. The Kier molecular flexibility index (Phi) is 8.02. The van der Waals surface area contributed by atoms with Crippen molar-refractivity contribution < 1.29 is 14.7 Å². The summed E-state index contributed by atoms with van der Waals surface area (Å²) in [5.41, 5.74) is 0.383. The lowest BCUT2D eigenvalue weighted by atomic mass is 10.2. The zero-order valence-electron chi connectivity index (χ0n) is 12.6. The predicted octanol–water partition coefficient (Wildman–Crippen LogP) is 1.95. The molecule has 1 atom stereocenters. The van der Waals surface area contributed by atoms with Crippen LogP contribution in [0.25, 0.3) is 0 Å². The molecule has 0 saturated heterocycles. The second-order valence-electron chi connectivity index (χ2n) is 4.76. The fourth-order valence-corrected chi connectivity index (χ4v) is 2.25. The molecule has 0 fully saturated rings. The number of hydrogen-bond donors (Lipinski definition) is 3. The van der Waals surface area contributed by atoms with Gasteiger partial charge in [0, 0.05) is 12.1 Å². The van der Waals surface area contributed by atoms with Crippen LogP contribution in [0.15, 0.2) is 24.3 Å². The number of carboxylic acid groups (broad SMARTS) is 1. The fraction of sp³-hybridized carbons (Fsp3) is 0.357. The van der Waals surface area contributed by atoms with Crippen LogP contribution in [0.1, 0.15) is 30.1 Å². The van der Waals surface area contributed by atoms with E-state index in [4.69, 9.17) is 47.0 Å². The lowest BCUT2D eigenvalue weighted by molar-refractivity contribution is -0.255. The van der Waals surface area contributed by atoms with E-state index in [0.29, 0.717) is 12.1 Å². The van der Waals surface area contributed by atoms with Crippen LogP contribution in [0.5, 0.6) is 0 Å². The van der Waals surface area contributed by atoms with Crippen LogP contribution >= 0.6 is 47.0 Å².